The van der Waals surface area contributed by atoms with Crippen molar-refractivity contribution >= 4 is 5.78 Å². The molecular weight excluding hydrogens is 420 g/mol. The first-order valence-corrected chi connectivity index (χ1v) is 14.3. The van der Waals surface area contributed by atoms with Crippen molar-refractivity contribution in [3.63, 3.8) is 0 Å². The Labute approximate surface area is 208 Å². The molecular formula is C31H50O3. The van der Waals surface area contributed by atoms with Crippen LogP contribution in [-0.2, 0) is 4.79 Å². The van der Waals surface area contributed by atoms with Crippen molar-refractivity contribution in [1.82, 2.24) is 0 Å². The predicted octanol–water partition coefficient (Wildman–Crippen LogP) is 6.57. The molecule has 5 aliphatic carbocycles. The minimum absolute atomic E-state index is 0.0260. The van der Waals surface area contributed by atoms with Crippen LogP contribution in [0.1, 0.15) is 106 Å². The molecule has 3 unspecified atom stereocenters. The van der Waals surface area contributed by atoms with Gasteiger partial charge in [-0.2, -0.15) is 0 Å². The summed E-state index contributed by atoms with van der Waals surface area (Å²) in [4.78, 5) is 13.3. The summed E-state index contributed by atoms with van der Waals surface area (Å²) in [6, 6.07) is 0. The Morgan fingerprint density at radius 2 is 1.68 bits per heavy atom. The Bertz CT molecular complexity index is 889. The molecule has 0 bridgehead atoms. The summed E-state index contributed by atoms with van der Waals surface area (Å²) < 4.78 is 0. The van der Waals surface area contributed by atoms with Crippen molar-refractivity contribution in [2.75, 3.05) is 6.61 Å². The topological polar surface area (TPSA) is 57.5 Å². The van der Waals surface area contributed by atoms with E-state index in [9.17, 15) is 15.0 Å². The number of aliphatic hydroxyl groups excluding tert-OH is 2. The van der Waals surface area contributed by atoms with Crippen molar-refractivity contribution in [3.8, 4) is 0 Å². The molecule has 0 radical (unpaired) electrons. The fourth-order valence-electron chi connectivity index (χ4n) is 11.2. The third-order valence-corrected chi connectivity index (χ3v) is 13.7. The first-order chi connectivity index (χ1) is 15.8. The minimum atomic E-state index is -0.225. The van der Waals surface area contributed by atoms with Crippen LogP contribution in [-0.4, -0.2) is 28.7 Å². The van der Waals surface area contributed by atoms with Gasteiger partial charge in [0.15, 0.2) is 0 Å². The van der Waals surface area contributed by atoms with E-state index in [0.29, 0.717) is 29.5 Å². The van der Waals surface area contributed by atoms with E-state index in [1.54, 1.807) is 5.57 Å². The summed E-state index contributed by atoms with van der Waals surface area (Å²) >= 11 is 0. The highest BCUT2D eigenvalue weighted by Crippen LogP contribution is 2.75. The van der Waals surface area contributed by atoms with Gasteiger partial charge in [-0.3, -0.25) is 4.79 Å². The van der Waals surface area contributed by atoms with Crippen LogP contribution in [0.15, 0.2) is 11.6 Å². The molecule has 0 spiro atoms. The highest BCUT2D eigenvalue weighted by molar-refractivity contribution is 5.84. The van der Waals surface area contributed by atoms with Crippen LogP contribution in [0.2, 0.25) is 0 Å². The van der Waals surface area contributed by atoms with Crippen molar-refractivity contribution in [2.24, 2.45) is 56.7 Å². The summed E-state index contributed by atoms with van der Waals surface area (Å²) in [5.41, 5.74) is 1.91. The van der Waals surface area contributed by atoms with Crippen LogP contribution in [0.3, 0.4) is 0 Å². The lowest BCUT2D eigenvalue weighted by atomic mass is 9.33. The number of fused-ring (bicyclic) bond motifs is 7. The van der Waals surface area contributed by atoms with Crippen molar-refractivity contribution in [1.29, 1.82) is 0 Å². The monoisotopic (exact) mass is 470 g/mol. The number of rotatable bonds is 2. The average molecular weight is 471 g/mol. The molecule has 0 aromatic carbocycles. The van der Waals surface area contributed by atoms with E-state index >= 15 is 0 Å². The van der Waals surface area contributed by atoms with Crippen LogP contribution >= 0.6 is 0 Å². The Morgan fingerprint density at radius 3 is 2.32 bits per heavy atom. The third-order valence-electron chi connectivity index (χ3n) is 13.7. The molecule has 192 valence electrons. The standard InChI is InChI=1S/C31H50O3/c1-19-21(18-32)10-15-31(20(2)33)17-16-29(6)22(26(19)31)8-9-24-28(5)13-12-25(34)27(3,4)23(28)11-14-30(24,29)7/h8,19,21,23-26,32,34H,9-18H2,1-7H3/t19-,21-,23?,24?,25-,26?,28-,29+,30+,31+/m0/s1. The molecule has 0 heterocycles. The number of allylic oxidation sites excluding steroid dienone is 2. The van der Waals surface area contributed by atoms with Gasteiger partial charge in [0.05, 0.1) is 6.10 Å². The molecule has 0 amide bonds. The van der Waals surface area contributed by atoms with Gasteiger partial charge < -0.3 is 10.2 Å². The highest BCUT2D eigenvalue weighted by Gasteiger charge is 2.69. The van der Waals surface area contributed by atoms with Crippen molar-refractivity contribution < 1.29 is 15.0 Å². The summed E-state index contributed by atoms with van der Waals surface area (Å²) in [5.74, 6) is 2.51. The molecule has 0 aliphatic heterocycles. The zero-order chi connectivity index (χ0) is 24.9. The molecule has 3 heteroatoms. The quantitative estimate of drug-likeness (QED) is 0.449. The van der Waals surface area contributed by atoms with Crippen LogP contribution in [0, 0.1) is 56.7 Å². The zero-order valence-electron chi connectivity index (χ0n) is 22.9. The van der Waals surface area contributed by atoms with Gasteiger partial charge in [-0.05, 0) is 116 Å². The number of aliphatic hydroxyl groups is 2. The third kappa shape index (κ3) is 2.86. The number of carbonyl (C=O) groups excluding carboxylic acids is 1. The lowest BCUT2D eigenvalue weighted by Crippen LogP contribution is -2.65. The highest BCUT2D eigenvalue weighted by atomic mass is 16.3. The summed E-state index contributed by atoms with van der Waals surface area (Å²) in [6.07, 6.45) is 12.1. The molecule has 5 rings (SSSR count). The second kappa shape index (κ2) is 7.67. The summed E-state index contributed by atoms with van der Waals surface area (Å²) in [7, 11) is 0. The second-order valence-corrected chi connectivity index (χ2v) is 14.7. The van der Waals surface area contributed by atoms with Gasteiger partial charge in [0.1, 0.15) is 5.78 Å². The van der Waals surface area contributed by atoms with Gasteiger partial charge in [-0.1, -0.05) is 53.2 Å². The molecule has 3 nitrogen and oxygen atoms in total. The van der Waals surface area contributed by atoms with Crippen molar-refractivity contribution in [3.05, 3.63) is 11.6 Å². The maximum absolute atomic E-state index is 13.3. The number of ketones is 1. The van der Waals surface area contributed by atoms with Crippen LogP contribution in [0.5, 0.6) is 0 Å². The van der Waals surface area contributed by atoms with E-state index in [2.05, 4.69) is 47.6 Å². The lowest BCUT2D eigenvalue weighted by molar-refractivity contribution is -0.204. The Hall–Kier alpha value is -0.670. The van der Waals surface area contributed by atoms with Gasteiger partial charge in [0, 0.05) is 12.0 Å². The molecule has 4 saturated carbocycles. The molecule has 0 aromatic rings. The average Bonchev–Trinajstić information content (AvgIpc) is 2.77. The molecule has 10 atom stereocenters. The maximum Gasteiger partial charge on any atom is 0.136 e. The van der Waals surface area contributed by atoms with Gasteiger partial charge in [0.2, 0.25) is 0 Å². The van der Waals surface area contributed by atoms with Gasteiger partial charge >= 0.3 is 0 Å². The van der Waals surface area contributed by atoms with E-state index in [1.165, 1.54) is 12.8 Å². The van der Waals surface area contributed by atoms with Crippen LogP contribution in [0.25, 0.3) is 0 Å². The Balaban J connectivity index is 1.61. The maximum atomic E-state index is 13.3. The molecule has 2 N–H and O–H groups in total. The zero-order valence-corrected chi connectivity index (χ0v) is 22.9. The number of hydrogen-bond acceptors (Lipinski definition) is 3. The first kappa shape index (κ1) is 25.0. The van der Waals surface area contributed by atoms with Gasteiger partial charge in [-0.25, -0.2) is 0 Å². The fourth-order valence-corrected chi connectivity index (χ4v) is 11.2. The van der Waals surface area contributed by atoms with Gasteiger partial charge in [0.25, 0.3) is 0 Å². The molecule has 0 aromatic heterocycles. The molecule has 5 aliphatic rings. The largest absolute Gasteiger partial charge is 0.396 e. The summed E-state index contributed by atoms with van der Waals surface area (Å²) in [6.45, 7) is 16.8. The Kier molecular flexibility index (Phi) is 5.64. The van der Waals surface area contributed by atoms with E-state index in [4.69, 9.17) is 0 Å². The normalized spacial score (nSPS) is 54.1. The van der Waals surface area contributed by atoms with E-state index in [0.717, 1.165) is 44.9 Å². The van der Waals surface area contributed by atoms with E-state index in [-0.39, 0.29) is 45.7 Å². The van der Waals surface area contributed by atoms with Crippen LogP contribution < -0.4 is 0 Å². The first-order valence-electron chi connectivity index (χ1n) is 14.3. The SMILES string of the molecule is CC(=O)[C@]12CC[C@@H](CO)[C@H](C)C1C1=CCC3[C@@]4(C)CC[C@H](O)C(C)(C)C4CC[C@@]3(C)[C@]1(C)CC2. The number of Topliss-reactive ketones (excluding diaryl/α,β-unsaturated/α-hetero) is 1. The molecule has 34 heavy (non-hydrogen) atoms. The fraction of sp³-hybridized carbons (Fsp3) is 0.903. The smallest absolute Gasteiger partial charge is 0.136 e. The summed E-state index contributed by atoms with van der Waals surface area (Å²) in [5, 5.41) is 21.1. The molecule has 0 saturated heterocycles. The lowest BCUT2D eigenvalue weighted by Gasteiger charge is -2.71. The predicted molar refractivity (Wildman–Crippen MR) is 137 cm³/mol. The van der Waals surface area contributed by atoms with Crippen LogP contribution in [0.4, 0.5) is 0 Å². The number of carbonyl (C=O) groups is 1. The van der Waals surface area contributed by atoms with Gasteiger partial charge in [-0.15, -0.1) is 0 Å². The number of hydrogen-bond donors (Lipinski definition) is 2. The van der Waals surface area contributed by atoms with E-state index < -0.39 is 0 Å². The molecule has 4 fully saturated rings. The van der Waals surface area contributed by atoms with Crippen molar-refractivity contribution in [2.45, 2.75) is 112 Å². The van der Waals surface area contributed by atoms with E-state index in [1.807, 2.05) is 6.92 Å². The second-order valence-electron chi connectivity index (χ2n) is 14.7. The minimum Gasteiger partial charge on any atom is -0.396 e. The Morgan fingerprint density at radius 1 is 0.971 bits per heavy atom.